The molecular formula is C16H21ClFN3. The van der Waals surface area contributed by atoms with Crippen molar-refractivity contribution in [2.75, 3.05) is 0 Å². The van der Waals surface area contributed by atoms with E-state index in [4.69, 9.17) is 17.3 Å². The SMILES string of the molecule is Cc1nn(C)c(C)c1CCC(N)Cc1cc(Cl)ccc1F. The van der Waals surface area contributed by atoms with E-state index in [-0.39, 0.29) is 11.9 Å². The molecule has 0 bridgehead atoms. The zero-order chi connectivity index (χ0) is 15.6. The molecule has 0 saturated carbocycles. The lowest BCUT2D eigenvalue weighted by molar-refractivity contribution is 0.565. The molecule has 2 aromatic rings. The van der Waals surface area contributed by atoms with Crippen LogP contribution in [-0.4, -0.2) is 15.8 Å². The largest absolute Gasteiger partial charge is 0.327 e. The molecule has 1 atom stereocenters. The second-order valence-corrected chi connectivity index (χ2v) is 5.95. The summed E-state index contributed by atoms with van der Waals surface area (Å²) in [6, 6.07) is 4.49. The molecule has 1 unspecified atom stereocenters. The lowest BCUT2D eigenvalue weighted by Crippen LogP contribution is -2.24. The highest BCUT2D eigenvalue weighted by atomic mass is 35.5. The molecule has 0 fully saturated rings. The molecule has 0 aliphatic carbocycles. The molecule has 3 nitrogen and oxygen atoms in total. The van der Waals surface area contributed by atoms with Crippen LogP contribution in [0.4, 0.5) is 4.39 Å². The van der Waals surface area contributed by atoms with Crippen LogP contribution >= 0.6 is 11.6 Å². The predicted molar refractivity (Wildman–Crippen MR) is 84.1 cm³/mol. The first-order chi connectivity index (χ1) is 9.88. The molecule has 5 heteroatoms. The summed E-state index contributed by atoms with van der Waals surface area (Å²) in [5, 5.41) is 4.94. The molecule has 0 aliphatic heterocycles. The van der Waals surface area contributed by atoms with Crippen LogP contribution in [0.25, 0.3) is 0 Å². The number of nitrogens with zero attached hydrogens (tertiary/aromatic N) is 2. The zero-order valence-corrected chi connectivity index (χ0v) is 13.4. The van der Waals surface area contributed by atoms with Gasteiger partial charge in [-0.25, -0.2) is 4.39 Å². The van der Waals surface area contributed by atoms with E-state index < -0.39 is 0 Å². The zero-order valence-electron chi connectivity index (χ0n) is 12.7. The minimum atomic E-state index is -0.247. The van der Waals surface area contributed by atoms with E-state index in [1.165, 1.54) is 11.6 Å². The van der Waals surface area contributed by atoms with E-state index in [0.717, 1.165) is 24.2 Å². The van der Waals surface area contributed by atoms with Gasteiger partial charge in [-0.2, -0.15) is 5.10 Å². The molecule has 0 saturated heterocycles. The van der Waals surface area contributed by atoms with Crippen molar-refractivity contribution in [1.82, 2.24) is 9.78 Å². The Hall–Kier alpha value is -1.39. The van der Waals surface area contributed by atoms with Gasteiger partial charge in [0, 0.05) is 23.8 Å². The average Bonchev–Trinajstić information content (AvgIpc) is 2.66. The minimum absolute atomic E-state index is 0.100. The third-order valence-electron chi connectivity index (χ3n) is 3.91. The van der Waals surface area contributed by atoms with Crippen LogP contribution in [0.2, 0.25) is 5.02 Å². The van der Waals surface area contributed by atoms with Crippen LogP contribution < -0.4 is 5.73 Å². The summed E-state index contributed by atoms with van der Waals surface area (Å²) in [6.45, 7) is 4.06. The van der Waals surface area contributed by atoms with Gasteiger partial charge in [0.2, 0.25) is 0 Å². The standard InChI is InChI=1S/C16H21ClFN3/c1-10-15(11(2)21(3)20-10)6-5-14(19)9-12-8-13(17)4-7-16(12)18/h4,7-8,14H,5-6,9,19H2,1-3H3. The van der Waals surface area contributed by atoms with Gasteiger partial charge in [0.1, 0.15) is 5.82 Å². The number of rotatable bonds is 5. The lowest BCUT2D eigenvalue weighted by atomic mass is 9.98. The second-order valence-electron chi connectivity index (χ2n) is 5.51. The van der Waals surface area contributed by atoms with Crippen LogP contribution in [0.3, 0.4) is 0 Å². The third kappa shape index (κ3) is 3.83. The van der Waals surface area contributed by atoms with Crippen LogP contribution in [0, 0.1) is 19.7 Å². The van der Waals surface area contributed by atoms with Gasteiger partial charge in [-0.05, 0) is 62.4 Å². The smallest absolute Gasteiger partial charge is 0.126 e. The number of hydrogen-bond acceptors (Lipinski definition) is 2. The van der Waals surface area contributed by atoms with E-state index >= 15 is 0 Å². The van der Waals surface area contributed by atoms with Crippen LogP contribution in [0.1, 0.15) is 28.9 Å². The molecule has 2 N–H and O–H groups in total. The number of benzene rings is 1. The van der Waals surface area contributed by atoms with Gasteiger partial charge < -0.3 is 5.73 Å². The van der Waals surface area contributed by atoms with E-state index in [0.29, 0.717) is 17.0 Å². The monoisotopic (exact) mass is 309 g/mol. The number of hydrogen-bond donors (Lipinski definition) is 1. The number of nitrogens with two attached hydrogens (primary N) is 1. The Morgan fingerprint density at radius 1 is 1.38 bits per heavy atom. The van der Waals surface area contributed by atoms with E-state index in [2.05, 4.69) is 12.0 Å². The number of aryl methyl sites for hydroxylation is 2. The van der Waals surface area contributed by atoms with E-state index in [1.807, 2.05) is 18.7 Å². The first-order valence-corrected chi connectivity index (χ1v) is 7.45. The lowest BCUT2D eigenvalue weighted by Gasteiger charge is -2.13. The van der Waals surface area contributed by atoms with Gasteiger partial charge in [0.05, 0.1) is 5.69 Å². The van der Waals surface area contributed by atoms with Crippen molar-refractivity contribution in [2.45, 2.75) is 39.2 Å². The second kappa shape index (κ2) is 6.58. The van der Waals surface area contributed by atoms with Gasteiger partial charge in [-0.1, -0.05) is 11.6 Å². The van der Waals surface area contributed by atoms with Crippen molar-refractivity contribution in [3.05, 3.63) is 51.6 Å². The molecule has 0 spiro atoms. The minimum Gasteiger partial charge on any atom is -0.327 e. The van der Waals surface area contributed by atoms with Crippen LogP contribution in [0.5, 0.6) is 0 Å². The Labute approximate surface area is 129 Å². The van der Waals surface area contributed by atoms with Gasteiger partial charge in [0.15, 0.2) is 0 Å². The average molecular weight is 310 g/mol. The Bertz CT molecular complexity index is 637. The molecule has 21 heavy (non-hydrogen) atoms. The van der Waals surface area contributed by atoms with Crippen LogP contribution in [-0.2, 0) is 19.9 Å². The summed E-state index contributed by atoms with van der Waals surface area (Å²) < 4.78 is 15.6. The summed E-state index contributed by atoms with van der Waals surface area (Å²) in [7, 11) is 1.94. The Morgan fingerprint density at radius 2 is 2.10 bits per heavy atom. The maximum absolute atomic E-state index is 13.7. The molecule has 1 heterocycles. The maximum Gasteiger partial charge on any atom is 0.126 e. The number of aromatic nitrogens is 2. The topological polar surface area (TPSA) is 43.8 Å². The van der Waals surface area contributed by atoms with E-state index in [9.17, 15) is 4.39 Å². The number of halogens is 2. The Balaban J connectivity index is 1.99. The summed E-state index contributed by atoms with van der Waals surface area (Å²) in [5.41, 5.74) is 10.2. The van der Waals surface area contributed by atoms with Crippen molar-refractivity contribution in [3.8, 4) is 0 Å². The first kappa shape index (κ1) is 16.0. The first-order valence-electron chi connectivity index (χ1n) is 7.07. The van der Waals surface area contributed by atoms with Crippen molar-refractivity contribution in [2.24, 2.45) is 12.8 Å². The van der Waals surface area contributed by atoms with E-state index in [1.54, 1.807) is 12.1 Å². The fourth-order valence-corrected chi connectivity index (χ4v) is 2.79. The molecular weight excluding hydrogens is 289 g/mol. The molecule has 1 aromatic carbocycles. The fourth-order valence-electron chi connectivity index (χ4n) is 2.59. The van der Waals surface area contributed by atoms with Crippen molar-refractivity contribution in [1.29, 1.82) is 0 Å². The van der Waals surface area contributed by atoms with Gasteiger partial charge in [-0.15, -0.1) is 0 Å². The molecule has 1 aromatic heterocycles. The fraction of sp³-hybridized carbons (Fsp3) is 0.438. The highest BCUT2D eigenvalue weighted by Crippen LogP contribution is 2.19. The maximum atomic E-state index is 13.7. The summed E-state index contributed by atoms with van der Waals surface area (Å²) >= 11 is 5.90. The third-order valence-corrected chi connectivity index (χ3v) is 4.15. The summed E-state index contributed by atoms with van der Waals surface area (Å²) in [6.07, 6.45) is 2.14. The molecule has 114 valence electrons. The Kier molecular flexibility index (Phi) is 5.01. The van der Waals surface area contributed by atoms with Crippen molar-refractivity contribution in [3.63, 3.8) is 0 Å². The predicted octanol–water partition coefficient (Wildman–Crippen LogP) is 3.33. The molecule has 0 amide bonds. The molecule has 0 radical (unpaired) electrons. The highest BCUT2D eigenvalue weighted by Gasteiger charge is 2.13. The molecule has 2 rings (SSSR count). The summed E-state index contributed by atoms with van der Waals surface area (Å²) in [5.74, 6) is -0.247. The quantitative estimate of drug-likeness (QED) is 0.920. The highest BCUT2D eigenvalue weighted by molar-refractivity contribution is 6.30. The van der Waals surface area contributed by atoms with Gasteiger partial charge >= 0.3 is 0 Å². The summed E-state index contributed by atoms with van der Waals surface area (Å²) in [4.78, 5) is 0. The Morgan fingerprint density at radius 3 is 2.71 bits per heavy atom. The molecule has 0 aliphatic rings. The van der Waals surface area contributed by atoms with Crippen molar-refractivity contribution < 1.29 is 4.39 Å². The van der Waals surface area contributed by atoms with Gasteiger partial charge in [-0.3, -0.25) is 4.68 Å². The van der Waals surface area contributed by atoms with Crippen LogP contribution in [0.15, 0.2) is 18.2 Å². The normalized spacial score (nSPS) is 12.7. The van der Waals surface area contributed by atoms with Crippen molar-refractivity contribution >= 4 is 11.6 Å². The van der Waals surface area contributed by atoms with Gasteiger partial charge in [0.25, 0.3) is 0 Å².